The molecule has 92 valence electrons. The summed E-state index contributed by atoms with van der Waals surface area (Å²) in [5, 5.41) is 10.9. The van der Waals surface area contributed by atoms with Crippen molar-refractivity contribution >= 4 is 11.6 Å². The fraction of sp³-hybridized carbons (Fsp3) is 0.400. The molecule has 1 unspecified atom stereocenters. The van der Waals surface area contributed by atoms with Crippen molar-refractivity contribution in [3.05, 3.63) is 33.1 Å². The number of nitrogens with zero attached hydrogens (tertiary/aromatic N) is 2. The molecule has 0 bridgehead atoms. The van der Waals surface area contributed by atoms with Crippen LogP contribution in [-0.2, 0) is 11.2 Å². The molecular formula is C10H14N4O3. The zero-order valence-corrected chi connectivity index (χ0v) is 9.64. The molecule has 17 heavy (non-hydrogen) atoms. The van der Waals surface area contributed by atoms with E-state index in [4.69, 9.17) is 11.5 Å². The molecule has 0 saturated heterocycles. The molecule has 4 N–H and O–H groups in total. The fourth-order valence-corrected chi connectivity index (χ4v) is 1.56. The minimum absolute atomic E-state index is 0.00618. The summed E-state index contributed by atoms with van der Waals surface area (Å²) >= 11 is 0. The van der Waals surface area contributed by atoms with Crippen molar-refractivity contribution in [2.24, 2.45) is 11.5 Å². The van der Waals surface area contributed by atoms with Crippen molar-refractivity contribution in [1.82, 2.24) is 4.98 Å². The lowest BCUT2D eigenvalue weighted by atomic mass is 10.0. The second-order valence-corrected chi connectivity index (χ2v) is 3.83. The van der Waals surface area contributed by atoms with E-state index in [1.807, 2.05) is 0 Å². The third kappa shape index (κ3) is 2.76. The Balaban J connectivity index is 3.15. The molecule has 7 nitrogen and oxygen atoms in total. The van der Waals surface area contributed by atoms with Crippen molar-refractivity contribution in [1.29, 1.82) is 0 Å². The number of pyridine rings is 1. The summed E-state index contributed by atoms with van der Waals surface area (Å²) in [5.41, 5.74) is 11.9. The van der Waals surface area contributed by atoms with E-state index in [9.17, 15) is 14.9 Å². The standard InChI is InChI=1S/C10H14N4O3/c1-5-4-13-8(3-7(11)10(12)15)6(2)9(5)14(16)17/h4,7H,3,11H2,1-2H3,(H2,12,15). The van der Waals surface area contributed by atoms with Crippen LogP contribution in [0.25, 0.3) is 0 Å². The fourth-order valence-electron chi connectivity index (χ4n) is 1.56. The van der Waals surface area contributed by atoms with Gasteiger partial charge in [-0.2, -0.15) is 0 Å². The number of hydrogen-bond donors (Lipinski definition) is 2. The summed E-state index contributed by atoms with van der Waals surface area (Å²) in [5.74, 6) is -0.658. The summed E-state index contributed by atoms with van der Waals surface area (Å²) in [6.45, 7) is 3.19. The Labute approximate surface area is 98.0 Å². The first-order valence-electron chi connectivity index (χ1n) is 4.99. The van der Waals surface area contributed by atoms with Crippen LogP contribution in [0.15, 0.2) is 6.20 Å². The van der Waals surface area contributed by atoms with Gasteiger partial charge in [-0.15, -0.1) is 0 Å². The summed E-state index contributed by atoms with van der Waals surface area (Å²) < 4.78 is 0. The monoisotopic (exact) mass is 238 g/mol. The second-order valence-electron chi connectivity index (χ2n) is 3.83. The highest BCUT2D eigenvalue weighted by atomic mass is 16.6. The zero-order chi connectivity index (χ0) is 13.2. The van der Waals surface area contributed by atoms with Crippen LogP contribution in [0.5, 0.6) is 0 Å². The molecule has 1 atom stereocenters. The first-order chi connectivity index (χ1) is 7.84. The maximum absolute atomic E-state index is 10.9. The molecule has 0 aliphatic carbocycles. The van der Waals surface area contributed by atoms with E-state index >= 15 is 0 Å². The van der Waals surface area contributed by atoms with Gasteiger partial charge in [-0.1, -0.05) is 0 Å². The number of carbonyl (C=O) groups excluding carboxylic acids is 1. The summed E-state index contributed by atoms with van der Waals surface area (Å²) in [6.07, 6.45) is 1.50. The highest BCUT2D eigenvalue weighted by Crippen LogP contribution is 2.24. The largest absolute Gasteiger partial charge is 0.368 e. The molecular weight excluding hydrogens is 224 g/mol. The number of nitro groups is 1. The minimum Gasteiger partial charge on any atom is -0.368 e. The van der Waals surface area contributed by atoms with Crippen molar-refractivity contribution in [3.63, 3.8) is 0 Å². The molecule has 1 aromatic rings. The van der Waals surface area contributed by atoms with Crippen LogP contribution in [0, 0.1) is 24.0 Å². The van der Waals surface area contributed by atoms with E-state index in [1.165, 1.54) is 6.20 Å². The smallest absolute Gasteiger partial charge is 0.278 e. The SMILES string of the molecule is Cc1cnc(CC(N)C(N)=O)c(C)c1[N+](=O)[O-]. The summed E-state index contributed by atoms with van der Waals surface area (Å²) in [7, 11) is 0. The predicted molar refractivity (Wildman–Crippen MR) is 61.2 cm³/mol. The maximum atomic E-state index is 10.9. The highest BCUT2D eigenvalue weighted by Gasteiger charge is 2.21. The van der Waals surface area contributed by atoms with Crippen LogP contribution in [0.3, 0.4) is 0 Å². The Morgan fingerprint density at radius 2 is 2.18 bits per heavy atom. The Morgan fingerprint density at radius 3 is 2.65 bits per heavy atom. The Kier molecular flexibility index (Phi) is 3.74. The van der Waals surface area contributed by atoms with Gasteiger partial charge in [0, 0.05) is 23.7 Å². The number of rotatable bonds is 4. The molecule has 0 aromatic carbocycles. The predicted octanol–water partition coefficient (Wildman–Crippen LogP) is -0.0383. The molecule has 1 amide bonds. The normalized spacial score (nSPS) is 12.2. The van der Waals surface area contributed by atoms with Crippen molar-refractivity contribution in [2.45, 2.75) is 26.3 Å². The van der Waals surface area contributed by atoms with Gasteiger partial charge in [-0.3, -0.25) is 19.9 Å². The van der Waals surface area contributed by atoms with Gasteiger partial charge in [0.1, 0.15) is 0 Å². The van der Waals surface area contributed by atoms with E-state index < -0.39 is 16.9 Å². The lowest BCUT2D eigenvalue weighted by Crippen LogP contribution is -2.38. The molecule has 1 rings (SSSR count). The molecule has 7 heteroatoms. The lowest BCUT2D eigenvalue weighted by molar-refractivity contribution is -0.386. The number of hydrogen-bond acceptors (Lipinski definition) is 5. The molecule has 0 fully saturated rings. The zero-order valence-electron chi connectivity index (χ0n) is 9.64. The van der Waals surface area contributed by atoms with Crippen LogP contribution in [0.1, 0.15) is 16.8 Å². The number of nitrogens with two attached hydrogens (primary N) is 2. The van der Waals surface area contributed by atoms with E-state index in [2.05, 4.69) is 4.98 Å². The summed E-state index contributed by atoms with van der Waals surface area (Å²) in [4.78, 5) is 25.3. The first-order valence-corrected chi connectivity index (χ1v) is 4.99. The molecule has 1 aromatic heterocycles. The lowest BCUT2D eigenvalue weighted by Gasteiger charge is -2.10. The van der Waals surface area contributed by atoms with Gasteiger partial charge in [0.2, 0.25) is 5.91 Å². The molecule has 0 saturated carbocycles. The number of aromatic nitrogens is 1. The van der Waals surface area contributed by atoms with E-state index in [0.29, 0.717) is 16.8 Å². The molecule has 0 radical (unpaired) electrons. The number of primary amides is 1. The van der Waals surface area contributed by atoms with E-state index in [-0.39, 0.29) is 12.1 Å². The maximum Gasteiger partial charge on any atom is 0.278 e. The van der Waals surface area contributed by atoms with Crippen molar-refractivity contribution in [2.75, 3.05) is 0 Å². The number of aryl methyl sites for hydroxylation is 1. The van der Waals surface area contributed by atoms with Crippen LogP contribution < -0.4 is 11.5 Å². The van der Waals surface area contributed by atoms with Crippen molar-refractivity contribution in [3.8, 4) is 0 Å². The van der Waals surface area contributed by atoms with Crippen LogP contribution in [0.2, 0.25) is 0 Å². The number of amides is 1. The van der Waals surface area contributed by atoms with Gasteiger partial charge in [-0.25, -0.2) is 0 Å². The molecule has 1 heterocycles. The van der Waals surface area contributed by atoms with E-state index in [0.717, 1.165) is 0 Å². The topological polar surface area (TPSA) is 125 Å². The Morgan fingerprint density at radius 1 is 1.59 bits per heavy atom. The molecule has 0 aliphatic rings. The van der Waals surface area contributed by atoms with Crippen LogP contribution >= 0.6 is 0 Å². The van der Waals surface area contributed by atoms with Gasteiger partial charge in [-0.05, 0) is 13.8 Å². The van der Waals surface area contributed by atoms with Gasteiger partial charge >= 0.3 is 0 Å². The van der Waals surface area contributed by atoms with Gasteiger partial charge in [0.05, 0.1) is 16.7 Å². The van der Waals surface area contributed by atoms with Gasteiger partial charge in [0.25, 0.3) is 5.69 Å². The van der Waals surface area contributed by atoms with Crippen LogP contribution in [-0.4, -0.2) is 21.9 Å². The average Bonchev–Trinajstić information content (AvgIpc) is 2.21. The third-order valence-corrected chi connectivity index (χ3v) is 2.54. The Bertz CT molecular complexity index is 473. The first kappa shape index (κ1) is 13.0. The Hall–Kier alpha value is -2.02. The third-order valence-electron chi connectivity index (χ3n) is 2.54. The summed E-state index contributed by atoms with van der Waals surface area (Å²) in [6, 6.07) is -0.886. The van der Waals surface area contributed by atoms with Gasteiger partial charge < -0.3 is 11.5 Å². The molecule has 0 aliphatic heterocycles. The highest BCUT2D eigenvalue weighted by molar-refractivity contribution is 5.79. The number of carbonyl (C=O) groups is 1. The van der Waals surface area contributed by atoms with Crippen LogP contribution in [0.4, 0.5) is 5.69 Å². The second kappa shape index (κ2) is 4.88. The minimum atomic E-state index is -0.886. The van der Waals surface area contributed by atoms with Crippen molar-refractivity contribution < 1.29 is 9.72 Å². The van der Waals surface area contributed by atoms with E-state index in [1.54, 1.807) is 13.8 Å². The van der Waals surface area contributed by atoms with Gasteiger partial charge in [0.15, 0.2) is 0 Å². The average molecular weight is 238 g/mol. The quantitative estimate of drug-likeness (QED) is 0.562. The molecule has 0 spiro atoms.